The summed E-state index contributed by atoms with van der Waals surface area (Å²) in [7, 11) is 1.62. The van der Waals surface area contributed by atoms with Crippen LogP contribution in [0.4, 0.5) is 0 Å². The van der Waals surface area contributed by atoms with Crippen LogP contribution in [0.2, 0.25) is 0 Å². The SMILES string of the molecule is CCOc1nc(OC)c(CN2C[C@@H]3CN(C(=O)C4(C)COC4)CCN3[C@H](C(c3ccccc3)c3ccccc3)C2)c(OC(C)C)n1. The highest BCUT2D eigenvalue weighted by molar-refractivity contribution is 5.83. The van der Waals surface area contributed by atoms with E-state index in [1.165, 1.54) is 11.1 Å². The van der Waals surface area contributed by atoms with Crippen LogP contribution in [-0.2, 0) is 16.1 Å². The molecule has 46 heavy (non-hydrogen) atoms. The molecule has 0 bridgehead atoms. The lowest BCUT2D eigenvalue weighted by atomic mass is 9.81. The van der Waals surface area contributed by atoms with E-state index in [1.807, 2.05) is 27.7 Å². The molecule has 0 radical (unpaired) electrons. The number of benzene rings is 2. The lowest BCUT2D eigenvalue weighted by Crippen LogP contribution is -2.68. The number of methoxy groups -OCH3 is 1. The molecule has 0 aliphatic carbocycles. The Hall–Kier alpha value is -3.73. The summed E-state index contributed by atoms with van der Waals surface area (Å²) >= 11 is 0. The molecule has 0 spiro atoms. The van der Waals surface area contributed by atoms with Crippen LogP contribution in [0.3, 0.4) is 0 Å². The molecule has 10 heteroatoms. The Labute approximate surface area is 272 Å². The van der Waals surface area contributed by atoms with Gasteiger partial charge in [-0.25, -0.2) is 0 Å². The fourth-order valence-electron chi connectivity index (χ4n) is 7.16. The van der Waals surface area contributed by atoms with Gasteiger partial charge in [-0.2, -0.15) is 9.97 Å². The molecule has 2 atom stereocenters. The minimum atomic E-state index is -0.428. The Kier molecular flexibility index (Phi) is 9.77. The molecule has 3 saturated heterocycles. The Balaban J connectivity index is 1.37. The number of fused-ring (bicyclic) bond motifs is 1. The van der Waals surface area contributed by atoms with Crippen molar-refractivity contribution in [3.63, 3.8) is 0 Å². The topological polar surface area (TPSA) is 89.5 Å². The van der Waals surface area contributed by atoms with Gasteiger partial charge in [0.2, 0.25) is 17.7 Å². The van der Waals surface area contributed by atoms with Crippen LogP contribution in [0.25, 0.3) is 0 Å². The fraction of sp³-hybridized carbons (Fsp3) is 0.528. The van der Waals surface area contributed by atoms with Crippen LogP contribution in [0, 0.1) is 5.41 Å². The number of aromatic nitrogens is 2. The van der Waals surface area contributed by atoms with Crippen LogP contribution in [0.5, 0.6) is 17.8 Å². The van der Waals surface area contributed by atoms with E-state index in [1.54, 1.807) is 7.11 Å². The normalized spacial score (nSPS) is 21.5. The third-order valence-corrected chi connectivity index (χ3v) is 9.32. The predicted molar refractivity (Wildman–Crippen MR) is 175 cm³/mol. The molecule has 0 saturated carbocycles. The first-order valence-corrected chi connectivity index (χ1v) is 16.5. The number of nitrogens with zero attached hydrogens (tertiary/aromatic N) is 5. The third-order valence-electron chi connectivity index (χ3n) is 9.32. The summed E-state index contributed by atoms with van der Waals surface area (Å²) < 4.78 is 23.2. The molecule has 10 nitrogen and oxygen atoms in total. The maximum atomic E-state index is 13.7. The van der Waals surface area contributed by atoms with Gasteiger partial charge in [0.15, 0.2) is 0 Å². The number of hydrogen-bond donors (Lipinski definition) is 0. The highest BCUT2D eigenvalue weighted by Crippen LogP contribution is 2.38. The van der Waals surface area contributed by atoms with Crippen molar-refractivity contribution in [2.45, 2.75) is 58.3 Å². The van der Waals surface area contributed by atoms with Crippen LogP contribution in [0.1, 0.15) is 50.3 Å². The number of hydrogen-bond acceptors (Lipinski definition) is 9. The minimum Gasteiger partial charge on any atom is -0.481 e. The van der Waals surface area contributed by atoms with Gasteiger partial charge in [-0.1, -0.05) is 60.7 Å². The van der Waals surface area contributed by atoms with Crippen molar-refractivity contribution in [2.75, 3.05) is 59.7 Å². The molecular formula is C36H47N5O5. The second kappa shape index (κ2) is 13.9. The van der Waals surface area contributed by atoms with Gasteiger partial charge in [0.05, 0.1) is 44.0 Å². The van der Waals surface area contributed by atoms with Crippen molar-refractivity contribution in [1.82, 2.24) is 24.7 Å². The first-order chi connectivity index (χ1) is 22.3. The highest BCUT2D eigenvalue weighted by atomic mass is 16.5. The lowest BCUT2D eigenvalue weighted by Gasteiger charge is -2.54. The Morgan fingerprint density at radius 2 is 1.61 bits per heavy atom. The standard InChI is InChI=1S/C36H47N5O5/c1-6-45-35-37-32(43-5)29(33(38-35)46-25(2)3)21-39-19-28-20-40(34(42)36(4)23-44-24-36)17-18-41(28)30(22-39)31(26-13-9-7-10-14-26)27-15-11-8-12-16-27/h7-16,25,28,30-31H,6,17-24H2,1-5H3/t28-,30+/m1/s1. The van der Waals surface area contributed by atoms with E-state index in [-0.39, 0.29) is 36.0 Å². The number of piperazine rings is 2. The molecule has 246 valence electrons. The number of carbonyl (C=O) groups is 1. The molecule has 1 amide bonds. The molecule has 0 unspecified atom stereocenters. The van der Waals surface area contributed by atoms with E-state index >= 15 is 0 Å². The molecule has 2 aromatic carbocycles. The zero-order valence-electron chi connectivity index (χ0n) is 27.7. The summed E-state index contributed by atoms with van der Waals surface area (Å²) in [6, 6.07) is 22.1. The van der Waals surface area contributed by atoms with Crippen molar-refractivity contribution in [2.24, 2.45) is 5.41 Å². The molecule has 3 aliphatic rings. The van der Waals surface area contributed by atoms with Gasteiger partial charge < -0.3 is 23.8 Å². The van der Waals surface area contributed by atoms with E-state index in [2.05, 4.69) is 85.3 Å². The number of carbonyl (C=O) groups excluding carboxylic acids is 1. The summed E-state index contributed by atoms with van der Waals surface area (Å²) in [6.07, 6.45) is -0.0901. The molecule has 3 aliphatic heterocycles. The zero-order valence-corrected chi connectivity index (χ0v) is 27.7. The summed E-state index contributed by atoms with van der Waals surface area (Å²) in [5.74, 6) is 1.26. The summed E-state index contributed by atoms with van der Waals surface area (Å²) in [5.41, 5.74) is 2.93. The third kappa shape index (κ3) is 6.70. The first-order valence-electron chi connectivity index (χ1n) is 16.5. The average molecular weight is 630 g/mol. The molecular weight excluding hydrogens is 582 g/mol. The van der Waals surface area contributed by atoms with Gasteiger partial charge in [0, 0.05) is 57.3 Å². The molecule has 3 aromatic rings. The van der Waals surface area contributed by atoms with Gasteiger partial charge in [0.25, 0.3) is 0 Å². The van der Waals surface area contributed by atoms with Crippen LogP contribution >= 0.6 is 0 Å². The van der Waals surface area contributed by atoms with E-state index in [0.29, 0.717) is 51.2 Å². The smallest absolute Gasteiger partial charge is 0.323 e. The Bertz CT molecular complexity index is 1430. The minimum absolute atomic E-state index is 0.0901. The number of rotatable bonds is 11. The Morgan fingerprint density at radius 1 is 0.957 bits per heavy atom. The quantitative estimate of drug-likeness (QED) is 0.309. The highest BCUT2D eigenvalue weighted by Gasteiger charge is 2.48. The monoisotopic (exact) mass is 629 g/mol. The number of amides is 1. The first kappa shape index (κ1) is 32.2. The summed E-state index contributed by atoms with van der Waals surface area (Å²) in [4.78, 5) is 30.1. The summed E-state index contributed by atoms with van der Waals surface area (Å²) in [5, 5.41) is 0. The van der Waals surface area contributed by atoms with E-state index < -0.39 is 5.41 Å². The van der Waals surface area contributed by atoms with Gasteiger partial charge in [-0.15, -0.1) is 0 Å². The van der Waals surface area contributed by atoms with Gasteiger partial charge in [-0.3, -0.25) is 14.6 Å². The van der Waals surface area contributed by atoms with Gasteiger partial charge in [-0.05, 0) is 38.8 Å². The second-order valence-electron chi connectivity index (χ2n) is 13.2. The van der Waals surface area contributed by atoms with Crippen LogP contribution in [0.15, 0.2) is 60.7 Å². The lowest BCUT2D eigenvalue weighted by molar-refractivity contribution is -0.173. The molecule has 1 aromatic heterocycles. The van der Waals surface area contributed by atoms with Crippen molar-refractivity contribution in [3.8, 4) is 17.8 Å². The largest absolute Gasteiger partial charge is 0.481 e. The molecule has 3 fully saturated rings. The van der Waals surface area contributed by atoms with Crippen molar-refractivity contribution in [1.29, 1.82) is 0 Å². The van der Waals surface area contributed by atoms with Crippen molar-refractivity contribution < 1.29 is 23.7 Å². The fourth-order valence-corrected chi connectivity index (χ4v) is 7.16. The van der Waals surface area contributed by atoms with Crippen LogP contribution < -0.4 is 14.2 Å². The average Bonchev–Trinajstić information content (AvgIpc) is 3.05. The molecule has 6 rings (SSSR count). The molecule has 0 N–H and O–H groups in total. The van der Waals surface area contributed by atoms with E-state index in [4.69, 9.17) is 18.9 Å². The Morgan fingerprint density at radius 3 is 2.17 bits per heavy atom. The van der Waals surface area contributed by atoms with Crippen molar-refractivity contribution in [3.05, 3.63) is 77.4 Å². The molecule has 4 heterocycles. The van der Waals surface area contributed by atoms with E-state index in [0.717, 1.165) is 25.2 Å². The zero-order chi connectivity index (χ0) is 32.3. The number of ether oxygens (including phenoxy) is 4. The van der Waals surface area contributed by atoms with Gasteiger partial charge in [0.1, 0.15) is 0 Å². The predicted octanol–water partition coefficient (Wildman–Crippen LogP) is 4.24. The van der Waals surface area contributed by atoms with Crippen molar-refractivity contribution >= 4 is 5.91 Å². The van der Waals surface area contributed by atoms with Gasteiger partial charge >= 0.3 is 6.01 Å². The second-order valence-corrected chi connectivity index (χ2v) is 13.2. The summed E-state index contributed by atoms with van der Waals surface area (Å²) in [6.45, 7) is 13.6. The maximum Gasteiger partial charge on any atom is 0.323 e. The van der Waals surface area contributed by atoms with Crippen LogP contribution in [-0.4, -0.2) is 108 Å². The van der Waals surface area contributed by atoms with E-state index in [9.17, 15) is 4.79 Å². The maximum absolute atomic E-state index is 13.7.